The van der Waals surface area contributed by atoms with Crippen molar-refractivity contribution >= 4 is 47.1 Å². The Balaban J connectivity index is 1.84. The second-order valence-corrected chi connectivity index (χ2v) is 8.71. The van der Waals surface area contributed by atoms with Gasteiger partial charge in [-0.2, -0.15) is 0 Å². The second kappa shape index (κ2) is 8.25. The van der Waals surface area contributed by atoms with Crippen LogP contribution < -0.4 is 14.2 Å². The molecule has 3 aromatic carbocycles. The van der Waals surface area contributed by atoms with Gasteiger partial charge in [-0.1, -0.05) is 23.2 Å². The molecule has 0 bridgehead atoms. The average Bonchev–Trinajstić information content (AvgIpc) is 3.07. The fraction of sp³-hybridized carbons (Fsp3) is 0.120. The van der Waals surface area contributed by atoms with Crippen molar-refractivity contribution in [3.05, 3.63) is 80.3 Å². The average molecular weight is 529 g/mol. The van der Waals surface area contributed by atoms with Crippen LogP contribution in [0.3, 0.4) is 0 Å². The molecule has 0 unspecified atom stereocenters. The van der Waals surface area contributed by atoms with Gasteiger partial charge in [0.15, 0.2) is 5.60 Å². The molecule has 2 aliphatic heterocycles. The molecule has 1 N–H and O–H groups in total. The van der Waals surface area contributed by atoms with Gasteiger partial charge in [-0.15, -0.1) is 0 Å². The Morgan fingerprint density at radius 2 is 1.36 bits per heavy atom. The van der Waals surface area contributed by atoms with Gasteiger partial charge in [-0.3, -0.25) is 9.59 Å². The monoisotopic (exact) mass is 528 g/mol. The summed E-state index contributed by atoms with van der Waals surface area (Å²) in [7, 11) is 0. The van der Waals surface area contributed by atoms with Gasteiger partial charge >= 0.3 is 23.9 Å². The summed E-state index contributed by atoms with van der Waals surface area (Å²) < 4.78 is 22.3. The highest BCUT2D eigenvalue weighted by molar-refractivity contribution is 6.45. The molecule has 2 heterocycles. The molecule has 36 heavy (non-hydrogen) atoms. The van der Waals surface area contributed by atoms with Crippen molar-refractivity contribution in [2.45, 2.75) is 19.4 Å². The molecule has 5 rings (SSSR count). The molecule has 0 fully saturated rings. The van der Waals surface area contributed by atoms with E-state index in [2.05, 4.69) is 0 Å². The van der Waals surface area contributed by atoms with Gasteiger partial charge in [0.1, 0.15) is 23.0 Å². The van der Waals surface area contributed by atoms with Crippen molar-refractivity contribution in [1.82, 2.24) is 0 Å². The van der Waals surface area contributed by atoms with E-state index < -0.39 is 29.5 Å². The number of hydrogen-bond acceptors (Lipinski definition) is 8. The lowest BCUT2D eigenvalue weighted by atomic mass is 9.77. The zero-order valence-electron chi connectivity index (χ0n) is 18.5. The molecule has 3 aromatic rings. The first-order chi connectivity index (χ1) is 17.0. The van der Waals surface area contributed by atoms with Crippen molar-refractivity contribution in [2.24, 2.45) is 0 Å². The Bertz CT molecular complexity index is 1460. The molecule has 182 valence electrons. The first-order valence-electron chi connectivity index (χ1n) is 10.4. The van der Waals surface area contributed by atoms with Gasteiger partial charge < -0.3 is 24.1 Å². The molecule has 0 radical (unpaired) electrons. The fourth-order valence-corrected chi connectivity index (χ4v) is 4.89. The van der Waals surface area contributed by atoms with Crippen molar-refractivity contribution in [3.63, 3.8) is 0 Å². The van der Waals surface area contributed by atoms with Crippen LogP contribution in [0.5, 0.6) is 23.0 Å². The summed E-state index contributed by atoms with van der Waals surface area (Å²) in [6.45, 7) is 2.47. The van der Waals surface area contributed by atoms with Crippen molar-refractivity contribution in [2.75, 3.05) is 0 Å². The van der Waals surface area contributed by atoms with E-state index in [1.165, 1.54) is 56.3 Å². The Hall–Kier alpha value is -4.08. The first kappa shape index (κ1) is 23.7. The zero-order valence-corrected chi connectivity index (χ0v) is 20.0. The first-order valence-corrected chi connectivity index (χ1v) is 11.1. The summed E-state index contributed by atoms with van der Waals surface area (Å²) in [5.74, 6) is -2.73. The normalized spacial score (nSPS) is 14.2. The van der Waals surface area contributed by atoms with Crippen LogP contribution in [0, 0.1) is 0 Å². The third-order valence-electron chi connectivity index (χ3n) is 5.67. The molecule has 0 amide bonds. The number of fused-ring (bicyclic) bond motifs is 6. The van der Waals surface area contributed by atoms with Crippen LogP contribution >= 0.6 is 23.2 Å². The van der Waals surface area contributed by atoms with E-state index in [0.29, 0.717) is 11.1 Å². The molecular formula is C25H14Cl2O9. The predicted molar refractivity (Wildman–Crippen MR) is 124 cm³/mol. The summed E-state index contributed by atoms with van der Waals surface area (Å²) in [5.41, 5.74) is -1.37. The van der Waals surface area contributed by atoms with Crippen LogP contribution in [0.25, 0.3) is 0 Å². The van der Waals surface area contributed by atoms with E-state index in [-0.39, 0.29) is 49.7 Å². The highest BCUT2D eigenvalue weighted by Gasteiger charge is 2.55. The highest BCUT2D eigenvalue weighted by Crippen LogP contribution is 2.58. The quantitative estimate of drug-likeness (QED) is 0.364. The van der Waals surface area contributed by atoms with Crippen molar-refractivity contribution in [3.8, 4) is 23.0 Å². The Morgan fingerprint density at radius 3 is 1.83 bits per heavy atom. The summed E-state index contributed by atoms with van der Waals surface area (Å²) in [5, 5.41) is 9.14. The maximum absolute atomic E-state index is 13.1. The third-order valence-corrected chi connectivity index (χ3v) is 6.54. The molecular weight excluding hydrogens is 515 g/mol. The van der Waals surface area contributed by atoms with Gasteiger partial charge in [-0.05, 0) is 30.3 Å². The lowest BCUT2D eigenvalue weighted by Crippen LogP contribution is -2.33. The molecule has 0 atom stereocenters. The van der Waals surface area contributed by atoms with Crippen LogP contribution in [0.1, 0.15) is 51.3 Å². The molecule has 11 heteroatoms. The van der Waals surface area contributed by atoms with Gasteiger partial charge in [0.05, 0.1) is 21.2 Å². The van der Waals surface area contributed by atoms with Gasteiger partial charge in [-0.25, -0.2) is 9.59 Å². The number of benzene rings is 3. The van der Waals surface area contributed by atoms with E-state index in [9.17, 15) is 24.3 Å². The summed E-state index contributed by atoms with van der Waals surface area (Å²) >= 11 is 12.5. The minimum absolute atomic E-state index is 0.0985. The van der Waals surface area contributed by atoms with Crippen LogP contribution in [-0.2, 0) is 19.9 Å². The topological polar surface area (TPSA) is 125 Å². The van der Waals surface area contributed by atoms with Gasteiger partial charge in [0.2, 0.25) is 0 Å². The van der Waals surface area contributed by atoms with Crippen molar-refractivity contribution in [1.29, 1.82) is 0 Å². The molecule has 0 aromatic heterocycles. The number of hydrogen-bond donors (Lipinski definition) is 1. The van der Waals surface area contributed by atoms with Crippen LogP contribution in [0.4, 0.5) is 0 Å². The lowest BCUT2D eigenvalue weighted by molar-refractivity contribution is -0.132. The standard InChI is InChI=1S/C25H14Cl2O9/c1-10(28)33-12-3-5-15-18(7-12)35-19-8-13(34-11(2)29)4-6-16(19)25(15)17-9-14(23(30)31)21(26)22(27)20(17)24(32)36-25/h3-9H,1-2H3,(H,30,31). The number of halogens is 2. The number of carbonyl (C=O) groups excluding carboxylic acids is 3. The van der Waals surface area contributed by atoms with Crippen LogP contribution in [0.2, 0.25) is 10.0 Å². The predicted octanol–water partition coefficient (Wildman–Crippen LogP) is 5.11. The molecule has 0 saturated heterocycles. The summed E-state index contributed by atoms with van der Waals surface area (Å²) in [4.78, 5) is 48.0. The van der Waals surface area contributed by atoms with E-state index in [0.717, 1.165) is 0 Å². The third kappa shape index (κ3) is 3.47. The van der Waals surface area contributed by atoms with E-state index >= 15 is 0 Å². The number of esters is 3. The second-order valence-electron chi connectivity index (χ2n) is 7.96. The van der Waals surface area contributed by atoms with E-state index in [1.807, 2.05) is 0 Å². The fourth-order valence-electron chi connectivity index (χ4n) is 4.38. The minimum atomic E-state index is -1.70. The Labute approximate surface area is 213 Å². The summed E-state index contributed by atoms with van der Waals surface area (Å²) in [6.07, 6.45) is 0. The number of carbonyl (C=O) groups is 4. The van der Waals surface area contributed by atoms with Crippen LogP contribution in [0.15, 0.2) is 42.5 Å². The van der Waals surface area contributed by atoms with E-state index in [1.54, 1.807) is 0 Å². The van der Waals surface area contributed by atoms with Gasteiger partial charge in [0, 0.05) is 42.7 Å². The maximum Gasteiger partial charge on any atom is 0.341 e. The SMILES string of the molecule is CC(=O)Oc1ccc2c(c1)Oc1cc(OC(C)=O)ccc1C21OC(=O)c2c1cc(C(=O)O)c(Cl)c2Cl. The molecule has 0 aliphatic carbocycles. The molecule has 9 nitrogen and oxygen atoms in total. The number of carboxylic acid groups (broad SMARTS) is 1. The Morgan fingerprint density at radius 1 is 0.833 bits per heavy atom. The summed E-state index contributed by atoms with van der Waals surface area (Å²) in [6, 6.07) is 10.1. The number of rotatable bonds is 3. The number of ether oxygens (including phenoxy) is 4. The molecule has 1 spiro atoms. The Kier molecular flexibility index (Phi) is 5.42. The van der Waals surface area contributed by atoms with Gasteiger partial charge in [0.25, 0.3) is 0 Å². The maximum atomic E-state index is 13.1. The molecule has 0 saturated carbocycles. The van der Waals surface area contributed by atoms with Crippen LogP contribution in [-0.4, -0.2) is 29.0 Å². The highest BCUT2D eigenvalue weighted by atomic mass is 35.5. The molecule has 2 aliphatic rings. The largest absolute Gasteiger partial charge is 0.478 e. The minimum Gasteiger partial charge on any atom is -0.478 e. The van der Waals surface area contributed by atoms with Crippen molar-refractivity contribution < 1.29 is 43.2 Å². The lowest BCUT2D eigenvalue weighted by Gasteiger charge is -2.36. The zero-order chi connectivity index (χ0) is 25.9. The number of carboxylic acids is 1. The van der Waals surface area contributed by atoms with E-state index in [4.69, 9.17) is 42.1 Å². The number of aromatic carboxylic acids is 1. The smallest absolute Gasteiger partial charge is 0.341 e.